The van der Waals surface area contributed by atoms with Gasteiger partial charge in [-0.1, -0.05) is 56.2 Å². The van der Waals surface area contributed by atoms with E-state index in [2.05, 4.69) is 0 Å². The first kappa shape index (κ1) is 15.1. The molecule has 106 valence electrons. The molecule has 0 radical (unpaired) electrons. The summed E-state index contributed by atoms with van der Waals surface area (Å²) in [6.07, 6.45) is 9.38. The Labute approximate surface area is 125 Å². The van der Waals surface area contributed by atoms with Crippen LogP contribution in [0.15, 0.2) is 18.2 Å². The first-order valence-electron chi connectivity index (χ1n) is 7.23. The van der Waals surface area contributed by atoms with Gasteiger partial charge in [-0.05, 0) is 30.9 Å². The second-order valence-electron chi connectivity index (χ2n) is 5.59. The van der Waals surface area contributed by atoms with Gasteiger partial charge in [0.05, 0.1) is 0 Å². The number of rotatable bonds is 4. The minimum absolute atomic E-state index is 0.0162. The minimum atomic E-state index is -0.237. The zero-order chi connectivity index (χ0) is 13.7. The van der Waals surface area contributed by atoms with Crippen molar-refractivity contribution < 1.29 is 4.39 Å². The van der Waals surface area contributed by atoms with E-state index in [0.717, 1.165) is 6.42 Å². The first-order valence-corrected chi connectivity index (χ1v) is 8.05. The van der Waals surface area contributed by atoms with Crippen LogP contribution in [-0.4, -0.2) is 5.38 Å². The molecule has 1 atom stereocenters. The highest BCUT2D eigenvalue weighted by Crippen LogP contribution is 2.30. The molecular weight excluding hydrogens is 282 g/mol. The van der Waals surface area contributed by atoms with Crippen LogP contribution in [0.4, 0.5) is 4.39 Å². The van der Waals surface area contributed by atoms with Gasteiger partial charge in [0.15, 0.2) is 0 Å². The zero-order valence-corrected chi connectivity index (χ0v) is 12.7. The summed E-state index contributed by atoms with van der Waals surface area (Å²) in [6, 6.07) is 4.82. The second kappa shape index (κ2) is 7.50. The molecule has 19 heavy (non-hydrogen) atoms. The van der Waals surface area contributed by atoms with Crippen molar-refractivity contribution in [3.05, 3.63) is 34.6 Å². The number of halogens is 3. The number of benzene rings is 1. The third-order valence-corrected chi connectivity index (χ3v) is 4.74. The van der Waals surface area contributed by atoms with Crippen LogP contribution in [0.25, 0.3) is 0 Å². The summed E-state index contributed by atoms with van der Waals surface area (Å²) >= 11 is 12.5. The molecule has 2 rings (SSSR count). The summed E-state index contributed by atoms with van der Waals surface area (Å²) in [7, 11) is 0. The molecule has 0 aromatic heterocycles. The van der Waals surface area contributed by atoms with Crippen LogP contribution in [0, 0.1) is 11.7 Å². The largest absolute Gasteiger partial charge is 0.207 e. The molecule has 1 aliphatic rings. The van der Waals surface area contributed by atoms with E-state index in [9.17, 15) is 4.39 Å². The van der Waals surface area contributed by atoms with Gasteiger partial charge in [0, 0.05) is 16.0 Å². The summed E-state index contributed by atoms with van der Waals surface area (Å²) in [4.78, 5) is 0. The molecule has 3 heteroatoms. The van der Waals surface area contributed by atoms with Crippen LogP contribution < -0.4 is 0 Å². The smallest absolute Gasteiger partial charge is 0.127 e. The van der Waals surface area contributed by atoms with Crippen molar-refractivity contribution in [1.29, 1.82) is 0 Å². The Kier molecular flexibility index (Phi) is 5.97. The van der Waals surface area contributed by atoms with Crippen molar-refractivity contribution in [1.82, 2.24) is 0 Å². The van der Waals surface area contributed by atoms with Crippen molar-refractivity contribution in [2.24, 2.45) is 5.92 Å². The average molecular weight is 303 g/mol. The van der Waals surface area contributed by atoms with Crippen molar-refractivity contribution in [2.75, 3.05) is 0 Å². The molecule has 0 N–H and O–H groups in total. The third kappa shape index (κ3) is 4.65. The van der Waals surface area contributed by atoms with E-state index in [1.54, 1.807) is 12.1 Å². The second-order valence-corrected chi connectivity index (χ2v) is 6.62. The molecule has 0 spiro atoms. The van der Waals surface area contributed by atoms with Gasteiger partial charge in [-0.3, -0.25) is 0 Å². The molecule has 1 aromatic carbocycles. The van der Waals surface area contributed by atoms with Crippen LogP contribution in [0.5, 0.6) is 0 Å². The first-order chi connectivity index (χ1) is 9.16. The lowest BCUT2D eigenvalue weighted by Gasteiger charge is -2.18. The van der Waals surface area contributed by atoms with Gasteiger partial charge in [0.25, 0.3) is 0 Å². The maximum Gasteiger partial charge on any atom is 0.127 e. The predicted molar refractivity (Wildman–Crippen MR) is 80.6 cm³/mol. The molecule has 1 aliphatic carbocycles. The minimum Gasteiger partial charge on any atom is -0.207 e. The Morgan fingerprint density at radius 2 is 1.84 bits per heavy atom. The Morgan fingerprint density at radius 1 is 1.16 bits per heavy atom. The molecule has 1 aromatic rings. The third-order valence-electron chi connectivity index (χ3n) is 4.05. The van der Waals surface area contributed by atoms with Gasteiger partial charge < -0.3 is 0 Å². The molecule has 0 bridgehead atoms. The van der Waals surface area contributed by atoms with E-state index in [-0.39, 0.29) is 11.2 Å². The Bertz CT molecular complexity index is 377. The Morgan fingerprint density at radius 3 is 2.47 bits per heavy atom. The van der Waals surface area contributed by atoms with Crippen LogP contribution in [0.3, 0.4) is 0 Å². The quantitative estimate of drug-likeness (QED) is 0.473. The van der Waals surface area contributed by atoms with E-state index in [1.165, 1.54) is 44.6 Å². The number of hydrogen-bond acceptors (Lipinski definition) is 0. The molecule has 0 amide bonds. The lowest BCUT2D eigenvalue weighted by Crippen LogP contribution is -2.12. The van der Waals surface area contributed by atoms with Crippen molar-refractivity contribution in [3.63, 3.8) is 0 Å². The SMILES string of the molecule is Fc1cccc(Cl)c1CC(Cl)CC1CCCCCC1. The van der Waals surface area contributed by atoms with Gasteiger partial charge in [0.2, 0.25) is 0 Å². The Hall–Kier alpha value is -0.270. The Balaban J connectivity index is 1.91. The van der Waals surface area contributed by atoms with Gasteiger partial charge in [-0.15, -0.1) is 11.6 Å². The van der Waals surface area contributed by atoms with Gasteiger partial charge in [-0.25, -0.2) is 4.39 Å². The monoisotopic (exact) mass is 302 g/mol. The standard InChI is InChI=1S/C16H21Cl2F/c17-13(10-12-6-3-1-2-4-7-12)11-14-15(18)8-5-9-16(14)19/h5,8-9,12-13H,1-4,6-7,10-11H2. The number of hydrogen-bond donors (Lipinski definition) is 0. The molecule has 0 aliphatic heterocycles. The highest BCUT2D eigenvalue weighted by atomic mass is 35.5. The van der Waals surface area contributed by atoms with Gasteiger partial charge in [0.1, 0.15) is 5.82 Å². The average Bonchev–Trinajstić information content (AvgIpc) is 2.63. The van der Waals surface area contributed by atoms with Gasteiger partial charge in [-0.2, -0.15) is 0 Å². The predicted octanol–water partition coefficient (Wildman–Crippen LogP) is 5.99. The van der Waals surface area contributed by atoms with Gasteiger partial charge >= 0.3 is 0 Å². The van der Waals surface area contributed by atoms with Crippen LogP contribution in [0.1, 0.15) is 50.5 Å². The maximum atomic E-state index is 13.7. The fourth-order valence-electron chi connectivity index (χ4n) is 2.99. The summed E-state index contributed by atoms with van der Waals surface area (Å²) in [5.41, 5.74) is 0.567. The van der Waals surface area contributed by atoms with Crippen molar-refractivity contribution in [2.45, 2.75) is 56.7 Å². The summed E-state index contributed by atoms with van der Waals surface area (Å²) in [5, 5.41) is 0.476. The van der Waals surface area contributed by atoms with E-state index in [1.807, 2.05) is 0 Å². The lowest BCUT2D eigenvalue weighted by molar-refractivity contribution is 0.417. The maximum absolute atomic E-state index is 13.7. The van der Waals surface area contributed by atoms with Crippen LogP contribution in [0.2, 0.25) is 5.02 Å². The molecule has 1 unspecified atom stereocenters. The molecule has 0 saturated heterocycles. The van der Waals surface area contributed by atoms with E-state index in [0.29, 0.717) is 22.9 Å². The molecule has 0 nitrogen and oxygen atoms in total. The fraction of sp³-hybridized carbons (Fsp3) is 0.625. The molecule has 1 fully saturated rings. The molecule has 0 heterocycles. The van der Waals surface area contributed by atoms with Crippen LogP contribution in [-0.2, 0) is 6.42 Å². The molecule has 1 saturated carbocycles. The lowest BCUT2D eigenvalue weighted by atomic mass is 9.92. The van der Waals surface area contributed by atoms with E-state index >= 15 is 0 Å². The topological polar surface area (TPSA) is 0 Å². The zero-order valence-electron chi connectivity index (χ0n) is 11.2. The summed E-state index contributed by atoms with van der Waals surface area (Å²) in [6.45, 7) is 0. The fourth-order valence-corrected chi connectivity index (χ4v) is 3.64. The highest BCUT2D eigenvalue weighted by molar-refractivity contribution is 6.31. The summed E-state index contributed by atoms with van der Waals surface area (Å²) in [5.74, 6) is 0.467. The normalized spacial score (nSPS) is 19.1. The van der Waals surface area contributed by atoms with Crippen molar-refractivity contribution in [3.8, 4) is 0 Å². The summed E-state index contributed by atoms with van der Waals surface area (Å²) < 4.78 is 13.7. The van der Waals surface area contributed by atoms with E-state index in [4.69, 9.17) is 23.2 Å². The van der Waals surface area contributed by atoms with E-state index < -0.39 is 0 Å². The van der Waals surface area contributed by atoms with Crippen LogP contribution >= 0.6 is 23.2 Å². The highest BCUT2D eigenvalue weighted by Gasteiger charge is 2.19. The number of alkyl halides is 1. The molecular formula is C16H21Cl2F. The van der Waals surface area contributed by atoms with Crippen molar-refractivity contribution >= 4 is 23.2 Å².